The minimum atomic E-state index is 0.464. The number of rotatable bonds is 1. The summed E-state index contributed by atoms with van der Waals surface area (Å²) in [6, 6.07) is 13.4. The fourth-order valence-electron chi connectivity index (χ4n) is 1.87. The van der Waals surface area contributed by atoms with E-state index in [1.807, 2.05) is 30.3 Å². The van der Waals surface area contributed by atoms with E-state index in [2.05, 4.69) is 16.3 Å². The molecule has 1 heterocycles. The molecular formula is C13H7N3O. The molecule has 2 aromatic carbocycles. The van der Waals surface area contributed by atoms with Crippen LogP contribution in [0, 0.1) is 11.3 Å². The molecule has 0 aliphatic rings. The molecule has 0 saturated carbocycles. The smallest absolute Gasteiger partial charge is 0.248 e. The van der Waals surface area contributed by atoms with Crippen LogP contribution in [0.4, 0.5) is 0 Å². The zero-order valence-corrected chi connectivity index (χ0v) is 8.79. The number of hydrogen-bond acceptors (Lipinski definition) is 4. The number of benzene rings is 2. The van der Waals surface area contributed by atoms with Gasteiger partial charge in [0.15, 0.2) is 0 Å². The van der Waals surface area contributed by atoms with Crippen LogP contribution in [-0.4, -0.2) is 10.2 Å². The molecule has 3 aromatic rings. The summed E-state index contributed by atoms with van der Waals surface area (Å²) in [5.74, 6) is 0.464. The normalized spacial score (nSPS) is 10.3. The zero-order valence-electron chi connectivity index (χ0n) is 8.79. The van der Waals surface area contributed by atoms with Gasteiger partial charge in [-0.05, 0) is 17.5 Å². The van der Waals surface area contributed by atoms with E-state index in [4.69, 9.17) is 9.68 Å². The molecule has 0 saturated heterocycles. The third-order valence-electron chi connectivity index (χ3n) is 2.63. The van der Waals surface area contributed by atoms with Crippen LogP contribution in [0.1, 0.15) is 5.56 Å². The average Bonchev–Trinajstić information content (AvgIpc) is 2.91. The Bertz CT molecular complexity index is 711. The molecule has 4 heteroatoms. The third kappa shape index (κ3) is 1.45. The molecule has 3 rings (SSSR count). The molecule has 4 nitrogen and oxygen atoms in total. The van der Waals surface area contributed by atoms with Crippen LogP contribution in [0.25, 0.3) is 22.2 Å². The highest BCUT2D eigenvalue weighted by Crippen LogP contribution is 2.29. The summed E-state index contributed by atoms with van der Waals surface area (Å²) in [5.41, 5.74) is 1.49. The molecule has 0 spiro atoms. The molecule has 0 amide bonds. The molecule has 0 radical (unpaired) electrons. The van der Waals surface area contributed by atoms with Crippen molar-refractivity contribution in [1.82, 2.24) is 10.2 Å². The van der Waals surface area contributed by atoms with Gasteiger partial charge in [-0.15, -0.1) is 10.2 Å². The fourth-order valence-corrected chi connectivity index (χ4v) is 1.87. The summed E-state index contributed by atoms with van der Waals surface area (Å²) in [6.45, 7) is 0. The summed E-state index contributed by atoms with van der Waals surface area (Å²) >= 11 is 0. The van der Waals surface area contributed by atoms with Gasteiger partial charge in [0.25, 0.3) is 0 Å². The largest absolute Gasteiger partial charge is 0.423 e. The van der Waals surface area contributed by atoms with E-state index in [1.54, 1.807) is 6.07 Å². The maximum atomic E-state index is 9.06. The maximum Gasteiger partial charge on any atom is 0.248 e. The van der Waals surface area contributed by atoms with Crippen molar-refractivity contribution in [2.45, 2.75) is 0 Å². The molecule has 0 atom stereocenters. The standard InChI is InChI=1S/C13H7N3O/c14-7-9-5-6-12(13-16-15-8-17-13)11-4-2-1-3-10(9)11/h1-6,8H. The van der Waals surface area contributed by atoms with Crippen LogP contribution in [0.3, 0.4) is 0 Å². The number of hydrogen-bond donors (Lipinski definition) is 0. The van der Waals surface area contributed by atoms with E-state index in [-0.39, 0.29) is 0 Å². The highest BCUT2D eigenvalue weighted by molar-refractivity contribution is 5.98. The molecule has 0 unspecified atom stereocenters. The Labute approximate surface area is 97.1 Å². The van der Waals surface area contributed by atoms with Crippen molar-refractivity contribution in [3.63, 3.8) is 0 Å². The van der Waals surface area contributed by atoms with Crippen LogP contribution in [0.5, 0.6) is 0 Å². The first-order valence-electron chi connectivity index (χ1n) is 5.08. The minimum absolute atomic E-state index is 0.464. The second kappa shape index (κ2) is 3.72. The molecule has 0 aliphatic heterocycles. The van der Waals surface area contributed by atoms with Gasteiger partial charge in [0.1, 0.15) is 0 Å². The van der Waals surface area contributed by atoms with Gasteiger partial charge in [0.2, 0.25) is 12.3 Å². The number of aromatic nitrogens is 2. The molecule has 1 aromatic heterocycles. The topological polar surface area (TPSA) is 62.7 Å². The Balaban J connectivity index is 2.40. The Morgan fingerprint density at radius 3 is 2.59 bits per heavy atom. The van der Waals surface area contributed by atoms with Crippen LogP contribution in [0.15, 0.2) is 47.2 Å². The van der Waals surface area contributed by atoms with E-state index >= 15 is 0 Å². The first-order chi connectivity index (χ1) is 8.40. The first kappa shape index (κ1) is 9.55. The predicted molar refractivity (Wildman–Crippen MR) is 62.0 cm³/mol. The van der Waals surface area contributed by atoms with Gasteiger partial charge < -0.3 is 4.42 Å². The highest BCUT2D eigenvalue weighted by atomic mass is 16.4. The van der Waals surface area contributed by atoms with E-state index in [1.165, 1.54) is 6.39 Å². The fraction of sp³-hybridized carbons (Fsp3) is 0. The van der Waals surface area contributed by atoms with Crippen molar-refractivity contribution in [2.24, 2.45) is 0 Å². The Kier molecular flexibility index (Phi) is 2.09. The molecule has 0 aliphatic carbocycles. The number of nitriles is 1. The van der Waals surface area contributed by atoms with Gasteiger partial charge in [-0.2, -0.15) is 5.26 Å². The monoisotopic (exact) mass is 221 g/mol. The number of fused-ring (bicyclic) bond motifs is 1. The zero-order chi connectivity index (χ0) is 11.7. The van der Waals surface area contributed by atoms with Gasteiger partial charge in [-0.1, -0.05) is 24.3 Å². The second-order valence-electron chi connectivity index (χ2n) is 3.56. The molecule has 0 N–H and O–H groups in total. The summed E-state index contributed by atoms with van der Waals surface area (Å²) in [4.78, 5) is 0. The van der Waals surface area contributed by atoms with E-state index < -0.39 is 0 Å². The quantitative estimate of drug-likeness (QED) is 0.633. The summed E-state index contributed by atoms with van der Waals surface area (Å²) < 4.78 is 5.20. The lowest BCUT2D eigenvalue weighted by Crippen LogP contribution is -1.85. The summed E-state index contributed by atoms with van der Waals surface area (Å²) in [6.07, 6.45) is 1.29. The highest BCUT2D eigenvalue weighted by Gasteiger charge is 2.10. The van der Waals surface area contributed by atoms with Crippen molar-refractivity contribution in [1.29, 1.82) is 5.26 Å². The average molecular weight is 221 g/mol. The van der Waals surface area contributed by atoms with Gasteiger partial charge in [-0.3, -0.25) is 0 Å². The summed E-state index contributed by atoms with van der Waals surface area (Å²) in [5, 5.41) is 18.4. The molecule has 0 bridgehead atoms. The molecular weight excluding hydrogens is 214 g/mol. The lowest BCUT2D eigenvalue weighted by atomic mass is 10.0. The van der Waals surface area contributed by atoms with Crippen molar-refractivity contribution < 1.29 is 4.42 Å². The van der Waals surface area contributed by atoms with Crippen molar-refractivity contribution in [2.75, 3.05) is 0 Å². The summed E-state index contributed by atoms with van der Waals surface area (Å²) in [7, 11) is 0. The van der Waals surface area contributed by atoms with Crippen molar-refractivity contribution in [3.8, 4) is 17.5 Å². The predicted octanol–water partition coefficient (Wildman–Crippen LogP) is 2.76. The first-order valence-corrected chi connectivity index (χ1v) is 5.08. The van der Waals surface area contributed by atoms with Gasteiger partial charge in [-0.25, -0.2) is 0 Å². The number of nitrogens with zero attached hydrogens (tertiary/aromatic N) is 3. The van der Waals surface area contributed by atoms with Crippen LogP contribution in [0.2, 0.25) is 0 Å². The lowest BCUT2D eigenvalue weighted by Gasteiger charge is -2.03. The maximum absolute atomic E-state index is 9.06. The van der Waals surface area contributed by atoms with Crippen molar-refractivity contribution >= 4 is 10.8 Å². The van der Waals surface area contributed by atoms with Crippen LogP contribution in [-0.2, 0) is 0 Å². The van der Waals surface area contributed by atoms with Gasteiger partial charge in [0.05, 0.1) is 11.6 Å². The van der Waals surface area contributed by atoms with Crippen LogP contribution < -0.4 is 0 Å². The molecule has 17 heavy (non-hydrogen) atoms. The third-order valence-corrected chi connectivity index (χ3v) is 2.63. The second-order valence-corrected chi connectivity index (χ2v) is 3.56. The Hall–Kier alpha value is -2.67. The van der Waals surface area contributed by atoms with E-state index in [9.17, 15) is 0 Å². The molecule has 0 fully saturated rings. The van der Waals surface area contributed by atoms with Gasteiger partial charge in [0, 0.05) is 10.9 Å². The van der Waals surface area contributed by atoms with Crippen molar-refractivity contribution in [3.05, 3.63) is 48.4 Å². The Morgan fingerprint density at radius 1 is 1.06 bits per heavy atom. The van der Waals surface area contributed by atoms with E-state index in [0.717, 1.165) is 16.3 Å². The Morgan fingerprint density at radius 2 is 1.88 bits per heavy atom. The van der Waals surface area contributed by atoms with Gasteiger partial charge >= 0.3 is 0 Å². The van der Waals surface area contributed by atoms with E-state index in [0.29, 0.717) is 11.5 Å². The molecule has 80 valence electrons. The minimum Gasteiger partial charge on any atom is -0.423 e. The lowest BCUT2D eigenvalue weighted by molar-refractivity contribution is 0.569. The van der Waals surface area contributed by atoms with Crippen LogP contribution >= 0.6 is 0 Å². The SMILES string of the molecule is N#Cc1ccc(-c2nnco2)c2ccccc12.